The fourth-order valence-electron chi connectivity index (χ4n) is 6.98. The summed E-state index contributed by atoms with van der Waals surface area (Å²) >= 11 is 5.88. The molecule has 16 heteroatoms. The summed E-state index contributed by atoms with van der Waals surface area (Å²) in [5, 5.41) is 13.7. The Morgan fingerprint density at radius 3 is 2.52 bits per heavy atom. The van der Waals surface area contributed by atoms with Crippen molar-refractivity contribution in [2.75, 3.05) is 49.1 Å². The van der Waals surface area contributed by atoms with Gasteiger partial charge >= 0.3 is 6.09 Å². The van der Waals surface area contributed by atoms with Gasteiger partial charge in [-0.3, -0.25) is 14.5 Å². The van der Waals surface area contributed by atoms with Gasteiger partial charge in [0.15, 0.2) is 0 Å². The highest BCUT2D eigenvalue weighted by molar-refractivity contribution is 6.30. The molecule has 288 valence electrons. The number of hydrogen-bond acceptors (Lipinski definition) is 9. The maximum absolute atomic E-state index is 14.8. The minimum absolute atomic E-state index is 0.0589. The van der Waals surface area contributed by atoms with Gasteiger partial charge in [0.1, 0.15) is 28.9 Å². The standard InChI is InChI=1S/C38H42ClF3N6O6/c1-37(2,3)54-36(51)45-20-24-16-29(22-53-33(24)30-18-26(40)4-6-31(30)42)46-10-12-47(13-11-46)32-7-5-28(21-43-32)48-9-8-38(52,35(48)50)34(49)44-19-23-14-25(39)17-27(41)15-23/h4-7,14-15,17-18,20-21,24,29,33,52H,8-13,16,19,22H2,1-3H3,(H,44,49)/b45-20+/t24?,29?,33-,38-/m0/s1. The first-order valence-electron chi connectivity index (χ1n) is 17.7. The highest BCUT2D eigenvalue weighted by atomic mass is 35.5. The van der Waals surface area contributed by atoms with Crippen molar-refractivity contribution in [3.8, 4) is 0 Å². The summed E-state index contributed by atoms with van der Waals surface area (Å²) in [6.07, 6.45) is 1.65. The fraction of sp³-hybridized carbons (Fsp3) is 0.447. The van der Waals surface area contributed by atoms with Crippen LogP contribution in [0.3, 0.4) is 0 Å². The maximum atomic E-state index is 14.8. The molecule has 3 fully saturated rings. The van der Waals surface area contributed by atoms with Gasteiger partial charge < -0.3 is 29.7 Å². The van der Waals surface area contributed by atoms with Crippen LogP contribution in [0.1, 0.15) is 50.8 Å². The maximum Gasteiger partial charge on any atom is 0.433 e. The van der Waals surface area contributed by atoms with Crippen LogP contribution in [0.5, 0.6) is 0 Å². The van der Waals surface area contributed by atoms with Gasteiger partial charge in [-0.2, -0.15) is 4.99 Å². The number of piperazine rings is 1. The summed E-state index contributed by atoms with van der Waals surface area (Å²) in [6, 6.07) is 10.4. The van der Waals surface area contributed by atoms with Crippen LogP contribution in [-0.4, -0.2) is 95.7 Å². The zero-order valence-electron chi connectivity index (χ0n) is 30.1. The van der Waals surface area contributed by atoms with Crippen molar-refractivity contribution in [1.82, 2.24) is 15.2 Å². The van der Waals surface area contributed by atoms with E-state index in [1.54, 1.807) is 32.9 Å². The van der Waals surface area contributed by atoms with E-state index in [0.717, 1.165) is 24.3 Å². The van der Waals surface area contributed by atoms with Gasteiger partial charge in [-0.1, -0.05) is 11.6 Å². The Bertz CT molecular complexity index is 1880. The number of nitrogens with zero attached hydrogens (tertiary/aromatic N) is 5. The number of aliphatic hydroxyl groups is 1. The molecule has 0 aliphatic carbocycles. The molecule has 6 rings (SSSR count). The minimum Gasteiger partial charge on any atom is -0.442 e. The number of nitrogens with one attached hydrogen (secondary N) is 1. The first-order valence-corrected chi connectivity index (χ1v) is 18.0. The molecule has 3 aliphatic heterocycles. The first-order chi connectivity index (χ1) is 25.6. The van der Waals surface area contributed by atoms with E-state index in [2.05, 4.69) is 25.1 Å². The highest BCUT2D eigenvalue weighted by Gasteiger charge is 2.51. The monoisotopic (exact) mass is 770 g/mol. The molecule has 4 atom stereocenters. The van der Waals surface area contributed by atoms with E-state index >= 15 is 0 Å². The van der Waals surface area contributed by atoms with Gasteiger partial charge in [-0.25, -0.2) is 22.9 Å². The molecular formula is C38H42ClF3N6O6. The zero-order chi connectivity index (χ0) is 38.8. The molecule has 1 aromatic heterocycles. The number of halogens is 4. The SMILES string of the molecule is CC(C)(C)OC(=O)/N=C/C1CC(N2CCN(c3ccc(N4CC[C@](O)(C(=O)NCc5cc(F)cc(Cl)c5)C4=O)cn3)CC2)CO[C@@H]1c1cc(F)ccc1F. The number of ether oxygens (including phenoxy) is 2. The Kier molecular flexibility index (Phi) is 11.6. The van der Waals surface area contributed by atoms with Gasteiger partial charge in [0, 0.05) is 74.4 Å². The Morgan fingerprint density at radius 2 is 1.83 bits per heavy atom. The summed E-state index contributed by atoms with van der Waals surface area (Å²) in [6.45, 7) is 7.91. The molecular weight excluding hydrogens is 729 g/mol. The molecule has 0 radical (unpaired) electrons. The number of aromatic nitrogens is 1. The van der Waals surface area contributed by atoms with E-state index < -0.39 is 58.6 Å². The van der Waals surface area contributed by atoms with Crippen LogP contribution in [0.2, 0.25) is 5.02 Å². The van der Waals surface area contributed by atoms with Crippen LogP contribution in [0.4, 0.5) is 29.5 Å². The quantitative estimate of drug-likeness (QED) is 0.234. The molecule has 54 heavy (non-hydrogen) atoms. The number of aliphatic imine (C=N–C) groups is 1. The van der Waals surface area contributed by atoms with E-state index in [4.69, 9.17) is 21.1 Å². The molecule has 0 saturated carbocycles. The molecule has 0 spiro atoms. The Balaban J connectivity index is 1.05. The lowest BCUT2D eigenvalue weighted by Gasteiger charge is -2.44. The molecule has 3 saturated heterocycles. The summed E-state index contributed by atoms with van der Waals surface area (Å²) in [7, 11) is 0. The molecule has 2 N–H and O–H groups in total. The number of carbonyl (C=O) groups excluding carboxylic acids is 3. The topological polar surface area (TPSA) is 137 Å². The predicted octanol–water partition coefficient (Wildman–Crippen LogP) is 5.21. The number of rotatable bonds is 8. The fourth-order valence-corrected chi connectivity index (χ4v) is 7.23. The smallest absolute Gasteiger partial charge is 0.433 e. The number of carbonyl (C=O) groups is 3. The van der Waals surface area contributed by atoms with Crippen molar-refractivity contribution in [1.29, 1.82) is 0 Å². The summed E-state index contributed by atoms with van der Waals surface area (Å²) < 4.78 is 54.1. The van der Waals surface area contributed by atoms with Crippen molar-refractivity contribution in [3.05, 3.63) is 88.3 Å². The number of anilines is 2. The first kappa shape index (κ1) is 39.1. The van der Waals surface area contributed by atoms with Crippen LogP contribution in [-0.2, 0) is 25.6 Å². The second kappa shape index (κ2) is 16.0. The molecule has 0 bridgehead atoms. The third kappa shape index (κ3) is 9.03. The van der Waals surface area contributed by atoms with E-state index in [9.17, 15) is 32.7 Å². The molecule has 3 aliphatic rings. The second-order valence-electron chi connectivity index (χ2n) is 14.7. The van der Waals surface area contributed by atoms with Crippen LogP contribution < -0.4 is 15.1 Å². The van der Waals surface area contributed by atoms with Crippen LogP contribution in [0.15, 0.2) is 59.7 Å². The van der Waals surface area contributed by atoms with E-state index in [0.29, 0.717) is 49.7 Å². The Labute approximate surface area is 315 Å². The van der Waals surface area contributed by atoms with E-state index in [1.807, 2.05) is 0 Å². The van der Waals surface area contributed by atoms with Crippen molar-refractivity contribution in [2.24, 2.45) is 10.9 Å². The lowest BCUT2D eigenvalue weighted by Crippen LogP contribution is -2.54. The van der Waals surface area contributed by atoms with Crippen molar-refractivity contribution < 1.29 is 42.1 Å². The normalized spacial score (nSPS) is 23.9. The Hall–Kier alpha value is -4.57. The van der Waals surface area contributed by atoms with E-state index in [1.165, 1.54) is 29.4 Å². The van der Waals surface area contributed by atoms with Gasteiger partial charge in [0.2, 0.25) is 5.60 Å². The Morgan fingerprint density at radius 1 is 1.07 bits per heavy atom. The molecule has 2 unspecified atom stereocenters. The molecule has 2 aromatic carbocycles. The van der Waals surface area contributed by atoms with Gasteiger partial charge in [0.25, 0.3) is 11.8 Å². The number of hydrogen-bond donors (Lipinski definition) is 2. The third-order valence-electron chi connectivity index (χ3n) is 9.68. The van der Waals surface area contributed by atoms with Gasteiger partial charge in [-0.15, -0.1) is 0 Å². The average Bonchev–Trinajstić information content (AvgIpc) is 3.44. The van der Waals surface area contributed by atoms with E-state index in [-0.39, 0.29) is 42.7 Å². The minimum atomic E-state index is -2.29. The van der Waals surface area contributed by atoms with Crippen LogP contribution in [0.25, 0.3) is 0 Å². The summed E-state index contributed by atoms with van der Waals surface area (Å²) in [5.74, 6) is -3.31. The largest absolute Gasteiger partial charge is 0.442 e. The zero-order valence-corrected chi connectivity index (χ0v) is 30.9. The lowest BCUT2D eigenvalue weighted by atomic mass is 9.87. The number of amides is 3. The number of benzene rings is 2. The van der Waals surface area contributed by atoms with Gasteiger partial charge in [0.05, 0.1) is 24.6 Å². The second-order valence-corrected chi connectivity index (χ2v) is 15.1. The molecule has 3 aromatic rings. The molecule has 4 heterocycles. The van der Waals surface area contributed by atoms with Crippen molar-refractivity contribution in [2.45, 2.75) is 63.5 Å². The molecule has 3 amide bonds. The van der Waals surface area contributed by atoms with Crippen molar-refractivity contribution >= 4 is 47.2 Å². The molecule has 12 nitrogen and oxygen atoms in total. The lowest BCUT2D eigenvalue weighted by molar-refractivity contribution is -0.149. The van der Waals surface area contributed by atoms with Gasteiger partial charge in [-0.05, 0) is 81.3 Å². The predicted molar refractivity (Wildman–Crippen MR) is 195 cm³/mol. The third-order valence-corrected chi connectivity index (χ3v) is 9.89. The number of pyridine rings is 1. The van der Waals surface area contributed by atoms with Crippen LogP contribution >= 0.6 is 11.6 Å². The van der Waals surface area contributed by atoms with Crippen molar-refractivity contribution in [3.63, 3.8) is 0 Å². The average molecular weight is 771 g/mol. The van der Waals surface area contributed by atoms with Crippen LogP contribution in [0, 0.1) is 23.4 Å². The summed E-state index contributed by atoms with van der Waals surface area (Å²) in [5.41, 5.74) is -2.18. The highest BCUT2D eigenvalue weighted by Crippen LogP contribution is 2.37. The summed E-state index contributed by atoms with van der Waals surface area (Å²) in [4.78, 5) is 52.8.